The van der Waals surface area contributed by atoms with Crippen LogP contribution >= 0.6 is 57.4 Å². The molecule has 0 amide bonds. The summed E-state index contributed by atoms with van der Waals surface area (Å²) in [6.45, 7) is 0. The fraction of sp³-hybridized carbons (Fsp3) is 0.133. The first kappa shape index (κ1) is 19.2. The molecule has 0 aromatic heterocycles. The van der Waals surface area contributed by atoms with E-state index in [9.17, 15) is 14.9 Å². The summed E-state index contributed by atoms with van der Waals surface area (Å²) >= 11 is 18.7. The van der Waals surface area contributed by atoms with E-state index in [4.69, 9.17) is 39.5 Å². The lowest BCUT2D eigenvalue weighted by molar-refractivity contribution is -0.386. The number of nitro groups is 1. The maximum absolute atomic E-state index is 12.0. The summed E-state index contributed by atoms with van der Waals surface area (Å²) < 4.78 is 3.74. The van der Waals surface area contributed by atoms with Crippen LogP contribution in [0.5, 0.6) is 0 Å². The van der Waals surface area contributed by atoms with Crippen molar-refractivity contribution >= 4 is 69.1 Å². The molecular weight excluding hydrogens is 491 g/mol. The largest absolute Gasteiger partial charge is 0.449 e. The van der Waals surface area contributed by atoms with Crippen LogP contribution in [0.2, 0.25) is 0 Å². The monoisotopic (exact) mass is 499 g/mol. The summed E-state index contributed by atoms with van der Waals surface area (Å²) in [5, 5.41) is 11.3. The molecule has 0 aliphatic rings. The van der Waals surface area contributed by atoms with Crippen molar-refractivity contribution in [3.05, 3.63) is 73.3 Å². The van der Waals surface area contributed by atoms with Crippen LogP contribution in [0.25, 0.3) is 0 Å². The minimum absolute atomic E-state index is 0.193. The van der Waals surface area contributed by atoms with Crippen LogP contribution in [0.3, 0.4) is 0 Å². The number of nitro benzene ring substituents is 1. The minimum atomic E-state index is -2.29. The number of rotatable bonds is 4. The van der Waals surface area contributed by atoms with Crippen LogP contribution < -0.4 is 0 Å². The molecule has 5 nitrogen and oxygen atoms in total. The van der Waals surface area contributed by atoms with Crippen molar-refractivity contribution < 1.29 is 14.5 Å². The minimum Gasteiger partial charge on any atom is -0.449 e. The maximum Gasteiger partial charge on any atom is 0.359 e. The van der Waals surface area contributed by atoms with E-state index >= 15 is 0 Å². The highest BCUT2D eigenvalue weighted by Gasteiger charge is 2.37. The van der Waals surface area contributed by atoms with Crippen molar-refractivity contribution in [3.8, 4) is 0 Å². The smallest absolute Gasteiger partial charge is 0.359 e. The number of halogens is 4. The number of hydrogen-bond acceptors (Lipinski definition) is 4. The highest BCUT2D eigenvalue weighted by atomic mass is 127. The third-order valence-corrected chi connectivity index (χ3v) is 4.16. The van der Waals surface area contributed by atoms with Crippen molar-refractivity contribution in [2.24, 2.45) is 0 Å². The first-order valence-electron chi connectivity index (χ1n) is 6.46. The van der Waals surface area contributed by atoms with Crippen molar-refractivity contribution in [2.75, 3.05) is 0 Å². The van der Waals surface area contributed by atoms with E-state index in [-0.39, 0.29) is 11.3 Å². The molecule has 0 fully saturated rings. The van der Waals surface area contributed by atoms with E-state index in [2.05, 4.69) is 0 Å². The fourth-order valence-corrected chi connectivity index (χ4v) is 2.66. The Morgan fingerprint density at radius 1 is 1.17 bits per heavy atom. The molecular formula is C15H9Cl3INO4. The van der Waals surface area contributed by atoms with Crippen LogP contribution in [-0.4, -0.2) is 14.7 Å². The molecule has 0 spiro atoms. The Morgan fingerprint density at radius 2 is 1.79 bits per heavy atom. The highest BCUT2D eigenvalue weighted by Crippen LogP contribution is 2.37. The Labute approximate surface area is 166 Å². The van der Waals surface area contributed by atoms with Gasteiger partial charge in [-0.2, -0.15) is 0 Å². The van der Waals surface area contributed by atoms with Crippen molar-refractivity contribution in [2.45, 2.75) is 9.90 Å². The molecule has 0 saturated heterocycles. The van der Waals surface area contributed by atoms with E-state index in [1.165, 1.54) is 6.07 Å². The predicted molar refractivity (Wildman–Crippen MR) is 100 cm³/mol. The number of ether oxygens (including phenoxy) is 1. The number of carbonyl (C=O) groups is 1. The standard InChI is InChI=1S/C15H9Cl3INO4/c16-15(17,18)14(21)24-13(9-4-2-1-3-5-9)11-8-10(19)6-7-12(11)20(22)23/h1-8,13H. The average Bonchev–Trinajstić information content (AvgIpc) is 2.51. The van der Waals surface area contributed by atoms with Crippen LogP contribution in [0.4, 0.5) is 5.69 Å². The van der Waals surface area contributed by atoms with Crippen molar-refractivity contribution in [1.29, 1.82) is 0 Å². The molecule has 24 heavy (non-hydrogen) atoms. The van der Waals surface area contributed by atoms with Gasteiger partial charge in [-0.1, -0.05) is 65.1 Å². The van der Waals surface area contributed by atoms with Gasteiger partial charge in [0.1, 0.15) is 0 Å². The van der Waals surface area contributed by atoms with Gasteiger partial charge >= 0.3 is 5.97 Å². The van der Waals surface area contributed by atoms with Gasteiger partial charge in [0.05, 0.1) is 10.5 Å². The molecule has 9 heteroatoms. The molecule has 1 unspecified atom stereocenters. The Morgan fingerprint density at radius 3 is 2.33 bits per heavy atom. The van der Waals surface area contributed by atoms with Gasteiger partial charge in [-0.25, -0.2) is 4.79 Å². The predicted octanol–water partition coefficient (Wildman–Crippen LogP) is 5.20. The molecule has 0 N–H and O–H groups in total. The van der Waals surface area contributed by atoms with Crippen LogP contribution in [-0.2, 0) is 9.53 Å². The third kappa shape index (κ3) is 4.72. The van der Waals surface area contributed by atoms with E-state index in [0.717, 1.165) is 3.57 Å². The zero-order valence-corrected chi connectivity index (χ0v) is 16.2. The van der Waals surface area contributed by atoms with Gasteiger partial charge in [-0.15, -0.1) is 0 Å². The summed E-state index contributed by atoms with van der Waals surface area (Å²) in [7, 11) is 0. The topological polar surface area (TPSA) is 69.4 Å². The number of hydrogen-bond donors (Lipinski definition) is 0. The van der Waals surface area contributed by atoms with Crippen LogP contribution in [0.1, 0.15) is 17.2 Å². The van der Waals surface area contributed by atoms with Gasteiger partial charge in [0.2, 0.25) is 0 Å². The zero-order valence-electron chi connectivity index (χ0n) is 11.8. The summed E-state index contributed by atoms with van der Waals surface area (Å²) in [6, 6.07) is 13.0. The van der Waals surface area contributed by atoms with E-state index in [0.29, 0.717) is 5.56 Å². The molecule has 0 heterocycles. The molecule has 2 aromatic rings. The lowest BCUT2D eigenvalue weighted by Gasteiger charge is -2.21. The zero-order chi connectivity index (χ0) is 17.9. The molecule has 1 atom stereocenters. The number of esters is 1. The molecule has 126 valence electrons. The number of benzene rings is 2. The summed E-state index contributed by atoms with van der Waals surface area (Å²) in [4.78, 5) is 22.8. The Hall–Kier alpha value is -1.09. The van der Waals surface area contributed by atoms with E-state index in [1.54, 1.807) is 42.5 Å². The number of alkyl halides is 3. The van der Waals surface area contributed by atoms with Crippen molar-refractivity contribution in [3.63, 3.8) is 0 Å². The van der Waals surface area contributed by atoms with Gasteiger partial charge < -0.3 is 4.74 Å². The molecule has 2 aromatic carbocycles. The van der Waals surface area contributed by atoms with Crippen LogP contribution in [0, 0.1) is 13.7 Å². The molecule has 0 aliphatic carbocycles. The molecule has 2 rings (SSSR count). The average molecular weight is 501 g/mol. The van der Waals surface area contributed by atoms with Gasteiger partial charge in [0.15, 0.2) is 6.10 Å². The lowest BCUT2D eigenvalue weighted by atomic mass is 10.00. The summed E-state index contributed by atoms with van der Waals surface area (Å²) in [5.41, 5.74) is 0.521. The van der Waals surface area contributed by atoms with Crippen LogP contribution in [0.15, 0.2) is 48.5 Å². The normalized spacial score (nSPS) is 12.5. The Bertz CT molecular complexity index is 765. The molecule has 0 aliphatic heterocycles. The first-order chi connectivity index (χ1) is 11.2. The third-order valence-electron chi connectivity index (χ3n) is 3.03. The van der Waals surface area contributed by atoms with Gasteiger partial charge in [0, 0.05) is 9.64 Å². The quantitative estimate of drug-likeness (QED) is 0.190. The van der Waals surface area contributed by atoms with Gasteiger partial charge in [0.25, 0.3) is 9.48 Å². The summed E-state index contributed by atoms with van der Waals surface area (Å²) in [6.07, 6.45) is -1.08. The van der Waals surface area contributed by atoms with Gasteiger partial charge in [-0.05, 0) is 40.3 Å². The fourth-order valence-electron chi connectivity index (χ4n) is 2.01. The lowest BCUT2D eigenvalue weighted by Crippen LogP contribution is -2.25. The number of carbonyl (C=O) groups excluding carboxylic acids is 1. The highest BCUT2D eigenvalue weighted by molar-refractivity contribution is 14.1. The molecule has 0 saturated carbocycles. The second-order valence-corrected chi connectivity index (χ2v) is 8.18. The second-order valence-electron chi connectivity index (χ2n) is 4.65. The SMILES string of the molecule is O=C(OC(c1ccccc1)c1cc(I)ccc1[N+](=O)[O-])C(Cl)(Cl)Cl. The number of nitrogens with zero attached hydrogens (tertiary/aromatic N) is 1. The van der Waals surface area contributed by atoms with E-state index in [1.807, 2.05) is 22.6 Å². The maximum atomic E-state index is 12.0. The second kappa shape index (κ2) is 7.86. The summed E-state index contributed by atoms with van der Waals surface area (Å²) in [5.74, 6) is -1.12. The molecule has 0 radical (unpaired) electrons. The first-order valence-corrected chi connectivity index (χ1v) is 8.68. The van der Waals surface area contributed by atoms with E-state index < -0.39 is 20.8 Å². The Balaban J connectivity index is 2.57. The van der Waals surface area contributed by atoms with Gasteiger partial charge in [-0.3, -0.25) is 10.1 Å². The van der Waals surface area contributed by atoms with Crippen molar-refractivity contribution in [1.82, 2.24) is 0 Å². The molecule has 0 bridgehead atoms. The Kier molecular flexibility index (Phi) is 6.30.